The van der Waals surface area contributed by atoms with E-state index >= 15 is 0 Å². The van der Waals surface area contributed by atoms with Crippen LogP contribution < -0.4 is 0 Å². The first kappa shape index (κ1) is 25.4. The quantitative estimate of drug-likeness (QED) is 0.231. The van der Waals surface area contributed by atoms with Gasteiger partial charge in [-0.2, -0.15) is 0 Å². The number of ether oxygens (including phenoxy) is 1. The summed E-state index contributed by atoms with van der Waals surface area (Å²) in [6, 6.07) is 0. The van der Waals surface area contributed by atoms with Crippen molar-refractivity contribution in [1.29, 1.82) is 0 Å². The number of hydrogen-bond acceptors (Lipinski definition) is 4. The molecule has 28 heavy (non-hydrogen) atoms. The second-order valence-corrected chi connectivity index (χ2v) is 9.53. The maximum Gasteiger partial charge on any atom is 0.309 e. The van der Waals surface area contributed by atoms with Gasteiger partial charge in [0.1, 0.15) is 11.7 Å². The number of aliphatic hydroxyl groups is 2. The van der Waals surface area contributed by atoms with E-state index < -0.39 is 17.3 Å². The number of esters is 1. The first-order valence-corrected chi connectivity index (χ1v) is 11.9. The molecule has 1 aliphatic heterocycles. The van der Waals surface area contributed by atoms with Gasteiger partial charge in [0.2, 0.25) is 0 Å². The standard InChI is InChI=1S/C24H46O4/c1-4-5-6-7-8-9-10-11-12-13-14-15-16-17-18-23(2,27)20-24(3)21(25)19-22(26)28-24/h21,25,27H,4-20H2,1-3H3/t21-,23-,24-/m0/s1. The van der Waals surface area contributed by atoms with Crippen LogP contribution in [0.25, 0.3) is 0 Å². The fourth-order valence-corrected chi connectivity index (χ4v) is 4.44. The van der Waals surface area contributed by atoms with Gasteiger partial charge in [-0.3, -0.25) is 4.79 Å². The van der Waals surface area contributed by atoms with Gasteiger partial charge in [0.25, 0.3) is 0 Å². The van der Waals surface area contributed by atoms with Crippen molar-refractivity contribution in [2.75, 3.05) is 0 Å². The predicted octanol–water partition coefficient (Wildman–Crippen LogP) is 6.07. The third kappa shape index (κ3) is 10.8. The molecule has 0 aromatic rings. The summed E-state index contributed by atoms with van der Waals surface area (Å²) in [6.07, 6.45) is 18.6. The predicted molar refractivity (Wildman–Crippen MR) is 115 cm³/mol. The van der Waals surface area contributed by atoms with Crippen molar-refractivity contribution in [2.24, 2.45) is 0 Å². The lowest BCUT2D eigenvalue weighted by Gasteiger charge is -2.34. The van der Waals surface area contributed by atoms with E-state index in [-0.39, 0.29) is 12.4 Å². The summed E-state index contributed by atoms with van der Waals surface area (Å²) in [4.78, 5) is 11.4. The van der Waals surface area contributed by atoms with Crippen molar-refractivity contribution in [2.45, 2.75) is 147 Å². The maximum atomic E-state index is 11.4. The Morgan fingerprint density at radius 1 is 0.929 bits per heavy atom. The van der Waals surface area contributed by atoms with Crippen LogP contribution >= 0.6 is 0 Å². The molecule has 1 heterocycles. The normalized spacial score (nSPS) is 24.3. The van der Waals surface area contributed by atoms with E-state index in [1.165, 1.54) is 77.0 Å². The van der Waals surface area contributed by atoms with E-state index in [0.29, 0.717) is 12.8 Å². The van der Waals surface area contributed by atoms with E-state index in [4.69, 9.17) is 4.74 Å². The maximum absolute atomic E-state index is 11.4. The molecule has 0 aromatic carbocycles. The SMILES string of the molecule is CCCCCCCCCCCCCCCC[C@](C)(O)C[C@]1(C)OC(=O)C[C@@H]1O. The fourth-order valence-electron chi connectivity index (χ4n) is 4.44. The van der Waals surface area contributed by atoms with Crippen LogP contribution in [-0.2, 0) is 9.53 Å². The molecule has 166 valence electrons. The van der Waals surface area contributed by atoms with Crippen molar-refractivity contribution in [3.05, 3.63) is 0 Å². The Bertz CT molecular complexity index is 421. The molecule has 4 nitrogen and oxygen atoms in total. The van der Waals surface area contributed by atoms with Crippen molar-refractivity contribution in [3.8, 4) is 0 Å². The van der Waals surface area contributed by atoms with E-state index in [1.807, 2.05) is 0 Å². The molecule has 3 atom stereocenters. The highest BCUT2D eigenvalue weighted by atomic mass is 16.6. The summed E-state index contributed by atoms with van der Waals surface area (Å²) in [5.74, 6) is -0.373. The lowest BCUT2D eigenvalue weighted by atomic mass is 9.83. The van der Waals surface area contributed by atoms with Crippen LogP contribution in [0.5, 0.6) is 0 Å². The molecular weight excluding hydrogens is 352 g/mol. The highest BCUT2D eigenvalue weighted by molar-refractivity contribution is 5.73. The van der Waals surface area contributed by atoms with Crippen LogP contribution in [0, 0.1) is 0 Å². The van der Waals surface area contributed by atoms with E-state index in [1.54, 1.807) is 13.8 Å². The number of rotatable bonds is 17. The van der Waals surface area contributed by atoms with Crippen molar-refractivity contribution >= 4 is 5.97 Å². The Morgan fingerprint density at radius 3 is 1.75 bits per heavy atom. The highest BCUT2D eigenvalue weighted by Crippen LogP contribution is 2.36. The third-order valence-corrected chi connectivity index (χ3v) is 6.21. The summed E-state index contributed by atoms with van der Waals surface area (Å²) in [5, 5.41) is 20.7. The number of cyclic esters (lactones) is 1. The molecule has 1 rings (SSSR count). The van der Waals surface area contributed by atoms with Gasteiger partial charge in [-0.1, -0.05) is 96.8 Å². The van der Waals surface area contributed by atoms with Crippen LogP contribution in [0.15, 0.2) is 0 Å². The zero-order chi connectivity index (χ0) is 20.9. The molecule has 0 aliphatic carbocycles. The summed E-state index contributed by atoms with van der Waals surface area (Å²) in [5.41, 5.74) is -1.85. The Balaban J connectivity index is 1.96. The van der Waals surface area contributed by atoms with Gasteiger partial charge in [0.15, 0.2) is 0 Å². The molecule has 0 unspecified atom stereocenters. The second-order valence-electron chi connectivity index (χ2n) is 9.53. The molecule has 0 bridgehead atoms. The molecule has 0 amide bonds. The van der Waals surface area contributed by atoms with Gasteiger partial charge < -0.3 is 14.9 Å². The number of aliphatic hydroxyl groups excluding tert-OH is 1. The zero-order valence-corrected chi connectivity index (χ0v) is 18.8. The zero-order valence-electron chi connectivity index (χ0n) is 18.8. The molecule has 0 saturated carbocycles. The number of carbonyl (C=O) groups is 1. The van der Waals surface area contributed by atoms with E-state index in [9.17, 15) is 15.0 Å². The van der Waals surface area contributed by atoms with Gasteiger partial charge in [-0.15, -0.1) is 0 Å². The van der Waals surface area contributed by atoms with Gasteiger partial charge in [-0.25, -0.2) is 0 Å². The average Bonchev–Trinajstić information content (AvgIpc) is 2.85. The van der Waals surface area contributed by atoms with Crippen LogP contribution in [0.4, 0.5) is 0 Å². The molecule has 4 heteroatoms. The van der Waals surface area contributed by atoms with Crippen LogP contribution in [0.1, 0.15) is 130 Å². The van der Waals surface area contributed by atoms with E-state index in [2.05, 4.69) is 6.92 Å². The van der Waals surface area contributed by atoms with Crippen LogP contribution in [-0.4, -0.2) is 33.5 Å². The van der Waals surface area contributed by atoms with Gasteiger partial charge in [0.05, 0.1) is 12.0 Å². The first-order valence-electron chi connectivity index (χ1n) is 11.9. The van der Waals surface area contributed by atoms with Gasteiger partial charge in [0, 0.05) is 6.42 Å². The summed E-state index contributed by atoms with van der Waals surface area (Å²) in [6.45, 7) is 5.78. The average molecular weight is 399 g/mol. The molecule has 1 saturated heterocycles. The molecular formula is C24H46O4. The van der Waals surface area contributed by atoms with Crippen LogP contribution in [0.2, 0.25) is 0 Å². The minimum absolute atomic E-state index is 0.0332. The Hall–Kier alpha value is -0.610. The second kappa shape index (κ2) is 13.6. The third-order valence-electron chi connectivity index (χ3n) is 6.21. The summed E-state index contributed by atoms with van der Waals surface area (Å²) >= 11 is 0. The topological polar surface area (TPSA) is 66.8 Å². The molecule has 2 N–H and O–H groups in total. The van der Waals surface area contributed by atoms with Crippen molar-refractivity contribution in [1.82, 2.24) is 0 Å². The molecule has 0 radical (unpaired) electrons. The first-order chi connectivity index (χ1) is 13.3. The lowest BCUT2D eigenvalue weighted by molar-refractivity contribution is -0.155. The number of hydrogen-bond donors (Lipinski definition) is 2. The Morgan fingerprint density at radius 2 is 1.36 bits per heavy atom. The minimum atomic E-state index is -0.948. The van der Waals surface area contributed by atoms with E-state index in [0.717, 1.165) is 12.8 Å². The van der Waals surface area contributed by atoms with Gasteiger partial charge in [-0.05, 0) is 20.3 Å². The fraction of sp³-hybridized carbons (Fsp3) is 0.958. The minimum Gasteiger partial charge on any atom is -0.456 e. The lowest BCUT2D eigenvalue weighted by Crippen LogP contribution is -2.44. The van der Waals surface area contributed by atoms with Gasteiger partial charge >= 0.3 is 5.97 Å². The van der Waals surface area contributed by atoms with Crippen molar-refractivity contribution in [3.63, 3.8) is 0 Å². The Kier molecular flexibility index (Phi) is 12.3. The van der Waals surface area contributed by atoms with Crippen LogP contribution in [0.3, 0.4) is 0 Å². The highest BCUT2D eigenvalue weighted by Gasteiger charge is 2.48. The molecule has 0 spiro atoms. The molecule has 0 aromatic heterocycles. The number of carbonyl (C=O) groups excluding carboxylic acids is 1. The molecule has 1 fully saturated rings. The largest absolute Gasteiger partial charge is 0.456 e. The molecule has 1 aliphatic rings. The monoisotopic (exact) mass is 398 g/mol. The summed E-state index contributed by atoms with van der Waals surface area (Å²) in [7, 11) is 0. The smallest absolute Gasteiger partial charge is 0.309 e. The van der Waals surface area contributed by atoms with Crippen molar-refractivity contribution < 1.29 is 19.7 Å². The number of unbranched alkanes of at least 4 members (excludes halogenated alkanes) is 13. The summed E-state index contributed by atoms with van der Waals surface area (Å²) < 4.78 is 5.27. The Labute approximate surface area is 173 Å².